The molecule has 1 aromatic rings. The van der Waals surface area contributed by atoms with E-state index in [2.05, 4.69) is 22.5 Å². The highest BCUT2D eigenvalue weighted by atomic mass is 79.9. The first-order valence-corrected chi connectivity index (χ1v) is 6.34. The Bertz CT molecular complexity index is 386. The molecule has 0 saturated heterocycles. The standard InChI is InChI=1S/C13H15BrO4/c1-2-10-3-5-11(6-4-10)13(16)18-8-7-17-9-12(14)15/h2-6,12,15H,1,7-9H2. The van der Waals surface area contributed by atoms with E-state index in [-0.39, 0.29) is 19.8 Å². The van der Waals surface area contributed by atoms with Crippen LogP contribution in [0, 0.1) is 0 Å². The van der Waals surface area contributed by atoms with Crippen molar-refractivity contribution in [3.63, 3.8) is 0 Å². The molecule has 0 amide bonds. The monoisotopic (exact) mass is 314 g/mol. The number of alkyl halides is 1. The molecule has 0 fully saturated rings. The van der Waals surface area contributed by atoms with Crippen LogP contribution in [-0.2, 0) is 9.47 Å². The number of aliphatic hydroxyl groups is 1. The van der Waals surface area contributed by atoms with Crippen molar-refractivity contribution >= 4 is 28.0 Å². The van der Waals surface area contributed by atoms with Gasteiger partial charge in [-0.3, -0.25) is 0 Å². The number of esters is 1. The summed E-state index contributed by atoms with van der Waals surface area (Å²) < 4.78 is 10.0. The molecule has 1 rings (SSSR count). The van der Waals surface area contributed by atoms with Crippen molar-refractivity contribution < 1.29 is 19.4 Å². The Morgan fingerprint density at radius 2 is 2.06 bits per heavy atom. The summed E-state index contributed by atoms with van der Waals surface area (Å²) in [6.45, 7) is 4.19. The van der Waals surface area contributed by atoms with E-state index in [0.717, 1.165) is 5.56 Å². The van der Waals surface area contributed by atoms with Crippen LogP contribution in [0.15, 0.2) is 30.8 Å². The van der Waals surface area contributed by atoms with Gasteiger partial charge in [0.15, 0.2) is 0 Å². The molecule has 0 aliphatic rings. The molecule has 1 unspecified atom stereocenters. The van der Waals surface area contributed by atoms with Crippen molar-refractivity contribution in [2.45, 2.75) is 5.01 Å². The lowest BCUT2D eigenvalue weighted by Gasteiger charge is -2.07. The number of rotatable bonds is 7. The quantitative estimate of drug-likeness (QED) is 0.476. The average molecular weight is 315 g/mol. The van der Waals surface area contributed by atoms with Crippen molar-refractivity contribution in [1.29, 1.82) is 0 Å². The van der Waals surface area contributed by atoms with Gasteiger partial charge >= 0.3 is 5.97 Å². The van der Waals surface area contributed by atoms with E-state index in [4.69, 9.17) is 14.6 Å². The van der Waals surface area contributed by atoms with Gasteiger partial charge in [-0.1, -0.05) is 40.7 Å². The molecule has 0 spiro atoms. The predicted octanol–water partition coefficient (Wildman–Crippen LogP) is 2.22. The highest BCUT2D eigenvalue weighted by Crippen LogP contribution is 2.06. The second kappa shape index (κ2) is 8.02. The minimum Gasteiger partial charge on any atom is -0.460 e. The molecule has 0 saturated carbocycles. The fourth-order valence-corrected chi connectivity index (χ4v) is 1.40. The highest BCUT2D eigenvalue weighted by molar-refractivity contribution is 9.09. The first-order chi connectivity index (χ1) is 8.63. The number of hydrogen-bond donors (Lipinski definition) is 1. The predicted molar refractivity (Wildman–Crippen MR) is 72.6 cm³/mol. The molecule has 1 aromatic carbocycles. The lowest BCUT2D eigenvalue weighted by molar-refractivity contribution is 0.0229. The van der Waals surface area contributed by atoms with Crippen LogP contribution in [0.25, 0.3) is 6.08 Å². The van der Waals surface area contributed by atoms with E-state index in [1.807, 2.05) is 0 Å². The summed E-state index contributed by atoms with van der Waals surface area (Å²) in [6.07, 6.45) is 1.70. The van der Waals surface area contributed by atoms with E-state index in [1.54, 1.807) is 30.3 Å². The van der Waals surface area contributed by atoms with Crippen molar-refractivity contribution in [3.8, 4) is 0 Å². The second-order valence-corrected chi connectivity index (χ2v) is 4.53. The summed E-state index contributed by atoms with van der Waals surface area (Å²) in [5.74, 6) is -0.395. The zero-order valence-corrected chi connectivity index (χ0v) is 11.4. The summed E-state index contributed by atoms with van der Waals surface area (Å²) in [7, 11) is 0. The molecule has 0 bridgehead atoms. The zero-order valence-electron chi connectivity index (χ0n) is 9.84. The summed E-state index contributed by atoms with van der Waals surface area (Å²) in [5.41, 5.74) is 1.43. The Hall–Kier alpha value is -1.17. The van der Waals surface area contributed by atoms with Crippen molar-refractivity contribution in [1.82, 2.24) is 0 Å². The van der Waals surface area contributed by atoms with Gasteiger partial charge in [-0.15, -0.1) is 0 Å². The molecule has 1 N–H and O–H groups in total. The Balaban J connectivity index is 2.29. The molecule has 0 aliphatic heterocycles. The molecule has 1 atom stereocenters. The molecule has 18 heavy (non-hydrogen) atoms. The van der Waals surface area contributed by atoms with E-state index in [1.165, 1.54) is 0 Å². The van der Waals surface area contributed by atoms with Crippen LogP contribution in [0.3, 0.4) is 0 Å². The van der Waals surface area contributed by atoms with Gasteiger partial charge in [-0.2, -0.15) is 0 Å². The number of benzene rings is 1. The van der Waals surface area contributed by atoms with E-state index < -0.39 is 11.0 Å². The van der Waals surface area contributed by atoms with Gasteiger partial charge in [-0.25, -0.2) is 4.79 Å². The third-order valence-corrected chi connectivity index (χ3v) is 2.36. The van der Waals surface area contributed by atoms with Crippen molar-refractivity contribution in [2.75, 3.05) is 19.8 Å². The fourth-order valence-electron chi connectivity index (χ4n) is 1.21. The third kappa shape index (κ3) is 5.44. The molecule has 0 aliphatic carbocycles. The molecular weight excluding hydrogens is 300 g/mol. The number of carbonyl (C=O) groups excluding carboxylic acids is 1. The number of hydrogen-bond acceptors (Lipinski definition) is 4. The summed E-state index contributed by atoms with van der Waals surface area (Å²) in [4.78, 5) is 11.6. The molecule has 4 nitrogen and oxygen atoms in total. The van der Waals surface area contributed by atoms with E-state index >= 15 is 0 Å². The van der Waals surface area contributed by atoms with Crippen LogP contribution >= 0.6 is 15.9 Å². The topological polar surface area (TPSA) is 55.8 Å². The second-order valence-electron chi connectivity index (χ2n) is 3.47. The number of carbonyl (C=O) groups is 1. The van der Waals surface area contributed by atoms with Gasteiger partial charge in [0.05, 0.1) is 18.8 Å². The minimum atomic E-state index is -0.695. The van der Waals surface area contributed by atoms with Crippen LogP contribution in [0.1, 0.15) is 15.9 Å². The Morgan fingerprint density at radius 1 is 1.39 bits per heavy atom. The van der Waals surface area contributed by atoms with Crippen molar-refractivity contribution in [2.24, 2.45) is 0 Å². The average Bonchev–Trinajstić information content (AvgIpc) is 2.38. The highest BCUT2D eigenvalue weighted by Gasteiger charge is 2.06. The smallest absolute Gasteiger partial charge is 0.338 e. The third-order valence-electron chi connectivity index (χ3n) is 2.10. The maximum atomic E-state index is 11.6. The van der Waals surface area contributed by atoms with Gasteiger partial charge in [-0.05, 0) is 17.7 Å². The van der Waals surface area contributed by atoms with Crippen LogP contribution in [0.5, 0.6) is 0 Å². The number of aliphatic hydroxyl groups excluding tert-OH is 1. The minimum absolute atomic E-state index is 0.155. The van der Waals surface area contributed by atoms with Crippen LogP contribution < -0.4 is 0 Å². The van der Waals surface area contributed by atoms with Crippen molar-refractivity contribution in [3.05, 3.63) is 42.0 Å². The van der Waals surface area contributed by atoms with Crippen LogP contribution in [0.2, 0.25) is 0 Å². The lowest BCUT2D eigenvalue weighted by Crippen LogP contribution is -2.14. The summed E-state index contributed by atoms with van der Waals surface area (Å²) in [5, 5.41) is 8.17. The lowest BCUT2D eigenvalue weighted by atomic mass is 10.1. The van der Waals surface area contributed by atoms with Gasteiger partial charge in [0.1, 0.15) is 11.6 Å². The normalized spacial score (nSPS) is 11.9. The van der Waals surface area contributed by atoms with Gasteiger partial charge < -0.3 is 14.6 Å². The van der Waals surface area contributed by atoms with Gasteiger partial charge in [0.25, 0.3) is 0 Å². The molecule has 5 heteroatoms. The van der Waals surface area contributed by atoms with E-state index in [9.17, 15) is 4.79 Å². The van der Waals surface area contributed by atoms with Crippen LogP contribution in [0.4, 0.5) is 0 Å². The Labute approximate surface area is 114 Å². The van der Waals surface area contributed by atoms with Gasteiger partial charge in [0.2, 0.25) is 0 Å². The first kappa shape index (κ1) is 14.9. The fraction of sp³-hybridized carbons (Fsp3) is 0.308. The zero-order chi connectivity index (χ0) is 13.4. The SMILES string of the molecule is C=Cc1ccc(C(=O)OCCOCC(O)Br)cc1. The van der Waals surface area contributed by atoms with Gasteiger partial charge in [0, 0.05) is 0 Å². The first-order valence-electron chi connectivity index (χ1n) is 5.43. The Kier molecular flexibility index (Phi) is 6.64. The molecular formula is C13H15BrO4. The molecule has 98 valence electrons. The summed E-state index contributed by atoms with van der Waals surface area (Å²) in [6, 6.07) is 6.95. The maximum absolute atomic E-state index is 11.6. The molecule has 0 aromatic heterocycles. The number of ether oxygens (including phenoxy) is 2. The number of halogens is 1. The van der Waals surface area contributed by atoms with E-state index in [0.29, 0.717) is 5.56 Å². The Morgan fingerprint density at radius 3 is 2.61 bits per heavy atom. The molecule has 0 radical (unpaired) electrons. The molecule has 0 heterocycles. The largest absolute Gasteiger partial charge is 0.460 e. The van der Waals surface area contributed by atoms with Crippen LogP contribution in [-0.4, -0.2) is 35.9 Å². The maximum Gasteiger partial charge on any atom is 0.338 e. The summed E-state index contributed by atoms with van der Waals surface area (Å²) >= 11 is 2.92.